The standard InChI is InChI=1S/C28H27NO5S/c1-21-25(13-8-18-33-26-16-14-24(15-17-26)23-11-6-3-7-12-23)20-28(34-21)35(31,32)29-27(30)19-22-9-4-2-5-10-22/h2-7,9-12,14-17,20H,8,13,18-19H2,1H3,(H,29,30). The average Bonchev–Trinajstić information content (AvgIpc) is 3.24. The Morgan fingerprint density at radius 2 is 1.51 bits per heavy atom. The predicted molar refractivity (Wildman–Crippen MR) is 135 cm³/mol. The molecule has 0 aliphatic rings. The number of aryl methyl sites for hydroxylation is 2. The molecule has 0 aliphatic heterocycles. The zero-order valence-electron chi connectivity index (χ0n) is 19.4. The number of ether oxygens (including phenoxy) is 1. The molecule has 4 rings (SSSR count). The topological polar surface area (TPSA) is 85.6 Å². The molecule has 0 aliphatic carbocycles. The van der Waals surface area contributed by atoms with Crippen LogP contribution in [0.3, 0.4) is 0 Å². The highest BCUT2D eigenvalue weighted by Gasteiger charge is 2.23. The summed E-state index contributed by atoms with van der Waals surface area (Å²) in [6, 6.07) is 28.5. The van der Waals surface area contributed by atoms with Gasteiger partial charge in [0.05, 0.1) is 13.0 Å². The van der Waals surface area contributed by atoms with Gasteiger partial charge in [0.2, 0.25) is 11.0 Å². The lowest BCUT2D eigenvalue weighted by Gasteiger charge is -2.07. The second kappa shape index (κ2) is 11.1. The molecule has 35 heavy (non-hydrogen) atoms. The summed E-state index contributed by atoms with van der Waals surface area (Å²) < 4.78 is 38.6. The van der Waals surface area contributed by atoms with Crippen molar-refractivity contribution in [3.63, 3.8) is 0 Å². The zero-order chi connectivity index (χ0) is 24.7. The van der Waals surface area contributed by atoms with Gasteiger partial charge in [0.1, 0.15) is 11.5 Å². The molecule has 4 aromatic rings. The minimum Gasteiger partial charge on any atom is -0.494 e. The van der Waals surface area contributed by atoms with Crippen LogP contribution >= 0.6 is 0 Å². The molecular weight excluding hydrogens is 462 g/mol. The number of furan rings is 1. The normalized spacial score (nSPS) is 11.2. The number of carbonyl (C=O) groups excluding carboxylic acids is 1. The van der Waals surface area contributed by atoms with Crippen LogP contribution < -0.4 is 9.46 Å². The van der Waals surface area contributed by atoms with E-state index >= 15 is 0 Å². The number of rotatable bonds is 10. The first kappa shape index (κ1) is 24.3. The van der Waals surface area contributed by atoms with E-state index in [0.29, 0.717) is 25.2 Å². The summed E-state index contributed by atoms with van der Waals surface area (Å²) in [4.78, 5) is 12.2. The van der Waals surface area contributed by atoms with Crippen LogP contribution in [0, 0.1) is 6.92 Å². The molecule has 0 unspecified atom stereocenters. The number of amides is 1. The van der Waals surface area contributed by atoms with E-state index < -0.39 is 15.9 Å². The van der Waals surface area contributed by atoms with Crippen molar-refractivity contribution in [2.45, 2.75) is 31.3 Å². The highest BCUT2D eigenvalue weighted by Crippen LogP contribution is 2.23. The van der Waals surface area contributed by atoms with Crippen LogP contribution in [-0.4, -0.2) is 20.9 Å². The minimum absolute atomic E-state index is 0.0315. The summed E-state index contributed by atoms with van der Waals surface area (Å²) >= 11 is 0. The van der Waals surface area contributed by atoms with Crippen LogP contribution in [-0.2, 0) is 27.7 Å². The molecular formula is C28H27NO5S. The Morgan fingerprint density at radius 3 is 2.20 bits per heavy atom. The Kier molecular flexibility index (Phi) is 7.67. The van der Waals surface area contributed by atoms with Crippen LogP contribution in [0.5, 0.6) is 5.75 Å². The zero-order valence-corrected chi connectivity index (χ0v) is 20.3. The Morgan fingerprint density at radius 1 is 0.886 bits per heavy atom. The van der Waals surface area contributed by atoms with Gasteiger partial charge in [-0.2, -0.15) is 8.42 Å². The van der Waals surface area contributed by atoms with Crippen molar-refractivity contribution < 1.29 is 22.4 Å². The van der Waals surface area contributed by atoms with E-state index in [4.69, 9.17) is 9.15 Å². The summed E-state index contributed by atoms with van der Waals surface area (Å²) in [6.07, 6.45) is 1.24. The van der Waals surface area contributed by atoms with Gasteiger partial charge >= 0.3 is 0 Å². The molecule has 6 nitrogen and oxygen atoms in total. The molecule has 0 saturated heterocycles. The van der Waals surface area contributed by atoms with Crippen LogP contribution in [0.4, 0.5) is 0 Å². The second-order valence-corrected chi connectivity index (χ2v) is 9.79. The quantitative estimate of drug-likeness (QED) is 0.305. The largest absolute Gasteiger partial charge is 0.494 e. The first-order valence-corrected chi connectivity index (χ1v) is 12.9. The van der Waals surface area contributed by atoms with E-state index in [1.807, 2.05) is 48.5 Å². The van der Waals surface area contributed by atoms with Crippen LogP contribution in [0.2, 0.25) is 0 Å². The van der Waals surface area contributed by atoms with E-state index in [2.05, 4.69) is 16.9 Å². The van der Waals surface area contributed by atoms with Crippen molar-refractivity contribution in [3.05, 3.63) is 108 Å². The monoisotopic (exact) mass is 489 g/mol. The maximum atomic E-state index is 12.6. The van der Waals surface area contributed by atoms with Crippen LogP contribution in [0.25, 0.3) is 11.1 Å². The Bertz CT molecular complexity index is 1360. The molecule has 0 atom stereocenters. The highest BCUT2D eigenvalue weighted by atomic mass is 32.2. The smallest absolute Gasteiger partial charge is 0.297 e. The lowest BCUT2D eigenvalue weighted by atomic mass is 10.1. The van der Waals surface area contributed by atoms with Gasteiger partial charge in [-0.1, -0.05) is 72.8 Å². The molecule has 0 spiro atoms. The number of hydrogen-bond donors (Lipinski definition) is 1. The van der Waals surface area contributed by atoms with Crippen molar-refractivity contribution in [2.24, 2.45) is 0 Å². The highest BCUT2D eigenvalue weighted by molar-refractivity contribution is 7.89. The lowest BCUT2D eigenvalue weighted by molar-refractivity contribution is -0.118. The second-order valence-electron chi connectivity index (χ2n) is 8.18. The van der Waals surface area contributed by atoms with Crippen molar-refractivity contribution in [1.82, 2.24) is 4.72 Å². The fraction of sp³-hybridized carbons (Fsp3) is 0.179. The third kappa shape index (κ3) is 6.61. The van der Waals surface area contributed by atoms with Gasteiger partial charge in [-0.25, -0.2) is 4.72 Å². The number of carbonyl (C=O) groups is 1. The average molecular weight is 490 g/mol. The van der Waals surface area contributed by atoms with Gasteiger partial charge in [0.25, 0.3) is 10.0 Å². The van der Waals surface area contributed by atoms with Gasteiger partial charge in [-0.05, 0) is 54.2 Å². The molecule has 3 aromatic carbocycles. The summed E-state index contributed by atoms with van der Waals surface area (Å²) in [6.45, 7) is 2.19. The molecule has 0 saturated carbocycles. The summed E-state index contributed by atoms with van der Waals surface area (Å²) in [5.41, 5.74) is 3.77. The van der Waals surface area contributed by atoms with Crippen molar-refractivity contribution in [3.8, 4) is 16.9 Å². The fourth-order valence-electron chi connectivity index (χ4n) is 3.71. The van der Waals surface area contributed by atoms with E-state index in [9.17, 15) is 13.2 Å². The van der Waals surface area contributed by atoms with Gasteiger partial charge in [-0.3, -0.25) is 4.79 Å². The van der Waals surface area contributed by atoms with E-state index in [1.165, 1.54) is 6.07 Å². The maximum absolute atomic E-state index is 12.6. The molecule has 0 radical (unpaired) electrons. The van der Waals surface area contributed by atoms with Crippen molar-refractivity contribution in [1.29, 1.82) is 0 Å². The molecule has 7 heteroatoms. The minimum atomic E-state index is -4.08. The van der Waals surface area contributed by atoms with Gasteiger partial charge in [0.15, 0.2) is 0 Å². The third-order valence-corrected chi connectivity index (χ3v) is 6.77. The molecule has 1 heterocycles. The van der Waals surface area contributed by atoms with E-state index in [-0.39, 0.29) is 11.5 Å². The van der Waals surface area contributed by atoms with Crippen LogP contribution in [0.1, 0.15) is 23.3 Å². The first-order chi connectivity index (χ1) is 16.9. The van der Waals surface area contributed by atoms with Crippen molar-refractivity contribution >= 4 is 15.9 Å². The first-order valence-electron chi connectivity index (χ1n) is 11.4. The summed E-state index contributed by atoms with van der Waals surface area (Å²) in [5, 5.41) is -0.260. The van der Waals surface area contributed by atoms with E-state index in [0.717, 1.165) is 28.0 Å². The predicted octanol–water partition coefficient (Wildman–Crippen LogP) is 5.31. The number of sulfonamides is 1. The SMILES string of the molecule is Cc1oc(S(=O)(=O)NC(=O)Cc2ccccc2)cc1CCCOc1ccc(-c2ccccc2)cc1. The Hall–Kier alpha value is -3.84. The molecule has 1 amide bonds. The lowest BCUT2D eigenvalue weighted by Crippen LogP contribution is -2.31. The number of nitrogens with one attached hydrogen (secondary N) is 1. The summed E-state index contributed by atoms with van der Waals surface area (Å²) in [7, 11) is -4.08. The fourth-order valence-corrected chi connectivity index (χ4v) is 4.72. The van der Waals surface area contributed by atoms with Gasteiger partial charge in [0, 0.05) is 6.07 Å². The van der Waals surface area contributed by atoms with Crippen LogP contribution in [0.15, 0.2) is 101 Å². The Balaban J connectivity index is 1.28. The molecule has 1 aromatic heterocycles. The molecule has 1 N–H and O–H groups in total. The molecule has 0 bridgehead atoms. The third-order valence-electron chi connectivity index (χ3n) is 5.54. The maximum Gasteiger partial charge on any atom is 0.297 e. The van der Waals surface area contributed by atoms with Gasteiger partial charge < -0.3 is 9.15 Å². The molecule has 180 valence electrons. The number of hydrogen-bond acceptors (Lipinski definition) is 5. The Labute approximate surface area is 205 Å². The number of benzene rings is 3. The van der Waals surface area contributed by atoms with E-state index in [1.54, 1.807) is 31.2 Å². The van der Waals surface area contributed by atoms with Gasteiger partial charge in [-0.15, -0.1) is 0 Å². The van der Waals surface area contributed by atoms with Crippen molar-refractivity contribution in [2.75, 3.05) is 6.61 Å². The summed E-state index contributed by atoms with van der Waals surface area (Å²) in [5.74, 6) is 0.671. The molecule has 0 fully saturated rings.